The lowest BCUT2D eigenvalue weighted by Gasteiger charge is -2.18. The van der Waals surface area contributed by atoms with E-state index in [4.69, 9.17) is 19.9 Å². The van der Waals surface area contributed by atoms with Crippen molar-refractivity contribution in [3.05, 3.63) is 91.0 Å². The molecule has 280 valence electrons. The van der Waals surface area contributed by atoms with Crippen molar-refractivity contribution < 1.29 is 29.5 Å². The molecule has 3 aromatic carbocycles. The van der Waals surface area contributed by atoms with E-state index < -0.39 is 18.3 Å². The van der Waals surface area contributed by atoms with Gasteiger partial charge in [0.15, 0.2) is 0 Å². The third kappa shape index (κ3) is 28.4. The summed E-state index contributed by atoms with van der Waals surface area (Å²) in [6.07, 6.45) is 1.83. The van der Waals surface area contributed by atoms with Crippen LogP contribution in [0.2, 0.25) is 0 Å². The van der Waals surface area contributed by atoms with Crippen LogP contribution >= 0.6 is 0 Å². The highest BCUT2D eigenvalue weighted by molar-refractivity contribution is 5.22. The topological polar surface area (TPSA) is 126 Å². The molecule has 0 aliphatic carbocycles. The Morgan fingerprint density at radius 2 is 0.816 bits per heavy atom. The summed E-state index contributed by atoms with van der Waals surface area (Å²) in [6.45, 7) is 19.1. The van der Waals surface area contributed by atoms with Crippen molar-refractivity contribution in [2.75, 3.05) is 39.5 Å². The van der Waals surface area contributed by atoms with Crippen LogP contribution in [0.4, 0.5) is 0 Å². The molecule has 0 bridgehead atoms. The predicted molar refractivity (Wildman–Crippen MR) is 207 cm³/mol. The van der Waals surface area contributed by atoms with Gasteiger partial charge in [0.25, 0.3) is 0 Å². The molecule has 0 amide bonds. The number of nitrogens with one attached hydrogen (secondary N) is 1. The molecule has 8 heteroatoms. The van der Waals surface area contributed by atoms with Crippen molar-refractivity contribution >= 4 is 0 Å². The van der Waals surface area contributed by atoms with E-state index in [9.17, 15) is 15.3 Å². The maximum absolute atomic E-state index is 10.0. The summed E-state index contributed by atoms with van der Waals surface area (Å²) in [7, 11) is 0. The summed E-state index contributed by atoms with van der Waals surface area (Å²) in [5, 5.41) is 33.0. The van der Waals surface area contributed by atoms with E-state index in [1.165, 1.54) is 0 Å². The SMILES string of the molecule is CC.CC.CC.CC(CCC(O)COc1ccccc1)CNCC(O)COc1ccccc1.CC(CN)CCC(O)COc1ccccc1. The maximum atomic E-state index is 10.0. The fraction of sp³-hybridized carbons (Fsp3) is 0.561. The molecule has 6 N–H and O–H groups in total. The monoisotopic (exact) mass is 687 g/mol. The number of rotatable bonds is 20. The van der Waals surface area contributed by atoms with Crippen LogP contribution in [-0.2, 0) is 0 Å². The zero-order valence-electron chi connectivity index (χ0n) is 31.8. The molecule has 5 atom stereocenters. The first-order chi connectivity index (χ1) is 23.9. The van der Waals surface area contributed by atoms with Gasteiger partial charge in [0.1, 0.15) is 43.2 Å². The van der Waals surface area contributed by atoms with Gasteiger partial charge in [0, 0.05) is 6.54 Å². The minimum absolute atomic E-state index is 0.265. The molecule has 8 nitrogen and oxygen atoms in total. The van der Waals surface area contributed by atoms with Crippen molar-refractivity contribution in [1.29, 1.82) is 0 Å². The molecule has 5 unspecified atom stereocenters. The number of hydrogen-bond acceptors (Lipinski definition) is 8. The molecule has 0 heterocycles. The summed E-state index contributed by atoms with van der Waals surface area (Å²) in [5.74, 6) is 3.20. The Hall–Kier alpha value is -3.14. The van der Waals surface area contributed by atoms with Crippen LogP contribution in [0, 0.1) is 11.8 Å². The lowest BCUT2D eigenvalue weighted by Crippen LogP contribution is -2.34. The average molecular weight is 687 g/mol. The second kappa shape index (κ2) is 34.7. The van der Waals surface area contributed by atoms with E-state index in [2.05, 4.69) is 19.2 Å². The van der Waals surface area contributed by atoms with Crippen molar-refractivity contribution in [2.45, 2.75) is 99.4 Å². The standard InChI is InChI=1S/C22H31NO4.C13H21NO2.3C2H6/c1-18(12-13-19(24)16-26-21-8-4-2-5-9-21)14-23-15-20(25)17-27-22-10-6-3-7-11-22;1-11(9-14)7-8-12(15)10-16-13-5-3-2-4-6-13;3*1-2/h2-11,18-20,23-25H,12-17H2,1H3;2-6,11-12,15H,7-10,14H2,1H3;3*1-2H3. The van der Waals surface area contributed by atoms with Crippen LogP contribution in [0.3, 0.4) is 0 Å². The normalized spacial score (nSPS) is 13.0. The smallest absolute Gasteiger partial charge is 0.119 e. The minimum atomic E-state index is -0.553. The molecule has 0 aliphatic heterocycles. The average Bonchev–Trinajstić information content (AvgIpc) is 3.17. The first kappa shape index (κ1) is 48.0. The van der Waals surface area contributed by atoms with Gasteiger partial charge in [-0.3, -0.25) is 0 Å². The predicted octanol–water partition coefficient (Wildman–Crippen LogP) is 7.75. The van der Waals surface area contributed by atoms with Crippen LogP contribution in [-0.4, -0.2) is 73.1 Å². The molecule has 0 spiro atoms. The number of para-hydroxylation sites is 3. The third-order valence-electron chi connectivity index (χ3n) is 6.82. The minimum Gasteiger partial charge on any atom is -0.491 e. The van der Waals surface area contributed by atoms with E-state index >= 15 is 0 Å². The number of hydrogen-bond donors (Lipinski definition) is 5. The molecule has 3 rings (SSSR count). The quantitative estimate of drug-likeness (QED) is 0.0817. The number of benzene rings is 3. The Labute approximate surface area is 299 Å². The Kier molecular flexibility index (Phi) is 34.0. The fourth-order valence-electron chi connectivity index (χ4n) is 4.02. The van der Waals surface area contributed by atoms with Crippen LogP contribution in [0.15, 0.2) is 91.0 Å². The number of nitrogens with two attached hydrogens (primary N) is 1. The summed E-state index contributed by atoms with van der Waals surface area (Å²) in [6, 6.07) is 28.5. The molecule has 0 saturated heterocycles. The van der Waals surface area contributed by atoms with Crippen molar-refractivity contribution in [3.63, 3.8) is 0 Å². The Morgan fingerprint density at radius 1 is 0.490 bits per heavy atom. The van der Waals surface area contributed by atoms with E-state index in [-0.39, 0.29) is 6.61 Å². The number of ether oxygens (including phenoxy) is 3. The van der Waals surface area contributed by atoms with Gasteiger partial charge in [-0.15, -0.1) is 0 Å². The third-order valence-corrected chi connectivity index (χ3v) is 6.82. The summed E-state index contributed by atoms with van der Waals surface area (Å²) in [4.78, 5) is 0. The highest BCUT2D eigenvalue weighted by Crippen LogP contribution is 2.13. The van der Waals surface area contributed by atoms with Crippen molar-refractivity contribution in [1.82, 2.24) is 5.32 Å². The van der Waals surface area contributed by atoms with Gasteiger partial charge in [-0.1, -0.05) is 110 Å². The molecule has 49 heavy (non-hydrogen) atoms. The van der Waals surface area contributed by atoms with Gasteiger partial charge in [-0.2, -0.15) is 0 Å². The second-order valence-corrected chi connectivity index (χ2v) is 11.1. The zero-order valence-corrected chi connectivity index (χ0v) is 31.8. The summed E-state index contributed by atoms with van der Waals surface area (Å²) in [5.41, 5.74) is 5.51. The van der Waals surface area contributed by atoms with E-state index in [0.29, 0.717) is 44.6 Å². The molecule has 0 aliphatic rings. The maximum Gasteiger partial charge on any atom is 0.119 e. The van der Waals surface area contributed by atoms with Gasteiger partial charge in [0.05, 0.1) is 12.2 Å². The Balaban J connectivity index is 0. The lowest BCUT2D eigenvalue weighted by atomic mass is 10.0. The summed E-state index contributed by atoms with van der Waals surface area (Å²) >= 11 is 0. The first-order valence-corrected chi connectivity index (χ1v) is 18.3. The van der Waals surface area contributed by atoms with Gasteiger partial charge in [0.2, 0.25) is 0 Å². The first-order valence-electron chi connectivity index (χ1n) is 18.3. The lowest BCUT2D eigenvalue weighted by molar-refractivity contribution is 0.0925. The molecule has 0 aromatic heterocycles. The van der Waals surface area contributed by atoms with E-state index in [0.717, 1.165) is 43.1 Å². The fourth-order valence-corrected chi connectivity index (χ4v) is 4.02. The molecule has 0 saturated carbocycles. The Morgan fingerprint density at radius 3 is 1.16 bits per heavy atom. The van der Waals surface area contributed by atoms with Crippen LogP contribution in [0.25, 0.3) is 0 Å². The van der Waals surface area contributed by atoms with E-state index in [1.54, 1.807) is 0 Å². The second-order valence-electron chi connectivity index (χ2n) is 11.1. The van der Waals surface area contributed by atoms with Gasteiger partial charge >= 0.3 is 0 Å². The van der Waals surface area contributed by atoms with E-state index in [1.807, 2.05) is 133 Å². The van der Waals surface area contributed by atoms with Gasteiger partial charge in [-0.25, -0.2) is 0 Å². The molecule has 0 radical (unpaired) electrons. The molecular formula is C41H70N2O6. The Bertz CT molecular complexity index is 1050. The molecule has 0 fully saturated rings. The highest BCUT2D eigenvalue weighted by Gasteiger charge is 2.11. The van der Waals surface area contributed by atoms with Crippen LogP contribution < -0.4 is 25.3 Å². The van der Waals surface area contributed by atoms with Crippen LogP contribution in [0.5, 0.6) is 17.2 Å². The van der Waals surface area contributed by atoms with Crippen molar-refractivity contribution in [2.24, 2.45) is 17.6 Å². The van der Waals surface area contributed by atoms with Gasteiger partial charge in [-0.05, 0) is 87.0 Å². The molecule has 3 aromatic rings. The van der Waals surface area contributed by atoms with Crippen LogP contribution in [0.1, 0.15) is 81.1 Å². The summed E-state index contributed by atoms with van der Waals surface area (Å²) < 4.78 is 16.5. The largest absolute Gasteiger partial charge is 0.491 e. The van der Waals surface area contributed by atoms with Gasteiger partial charge < -0.3 is 40.6 Å². The highest BCUT2D eigenvalue weighted by atomic mass is 16.5. The number of aliphatic hydroxyl groups is 3. The zero-order chi connectivity index (χ0) is 37.1. The number of aliphatic hydroxyl groups excluding tert-OH is 3. The van der Waals surface area contributed by atoms with Crippen molar-refractivity contribution in [3.8, 4) is 17.2 Å². The molecular weight excluding hydrogens is 616 g/mol.